The highest BCUT2D eigenvalue weighted by Crippen LogP contribution is 2.31. The monoisotopic (exact) mass is 420 g/mol. The first-order chi connectivity index (χ1) is 14.7. The van der Waals surface area contributed by atoms with Gasteiger partial charge in [0, 0.05) is 61.2 Å². The molecule has 3 aromatic rings. The van der Waals surface area contributed by atoms with Crippen LogP contribution in [0.1, 0.15) is 18.4 Å². The third kappa shape index (κ3) is 3.76. The third-order valence-corrected chi connectivity index (χ3v) is 7.30. The summed E-state index contributed by atoms with van der Waals surface area (Å²) < 4.78 is 1.26. The molecule has 1 amide bonds. The van der Waals surface area contributed by atoms with Gasteiger partial charge < -0.3 is 14.7 Å². The molecule has 0 saturated carbocycles. The molecule has 5 rings (SSSR count). The zero-order valence-corrected chi connectivity index (χ0v) is 18.3. The summed E-state index contributed by atoms with van der Waals surface area (Å²) in [6.45, 7) is 7.29. The molecule has 30 heavy (non-hydrogen) atoms. The van der Waals surface area contributed by atoms with Crippen molar-refractivity contribution in [3.05, 3.63) is 53.5 Å². The van der Waals surface area contributed by atoms with Gasteiger partial charge in [0.05, 0.1) is 5.92 Å². The molecule has 2 saturated heterocycles. The molecule has 0 unspecified atom stereocenters. The van der Waals surface area contributed by atoms with E-state index in [9.17, 15) is 4.79 Å². The van der Waals surface area contributed by atoms with Gasteiger partial charge >= 0.3 is 0 Å². The van der Waals surface area contributed by atoms with Gasteiger partial charge in [-0.05, 0) is 49.4 Å². The number of hydrogen-bond acceptors (Lipinski definition) is 5. The van der Waals surface area contributed by atoms with E-state index in [-0.39, 0.29) is 5.92 Å². The second kappa shape index (κ2) is 8.26. The molecule has 0 spiro atoms. The van der Waals surface area contributed by atoms with E-state index in [1.165, 1.54) is 21.3 Å². The number of fused-ring (bicyclic) bond motifs is 1. The van der Waals surface area contributed by atoms with E-state index >= 15 is 0 Å². The van der Waals surface area contributed by atoms with Crippen LogP contribution >= 0.6 is 11.3 Å². The van der Waals surface area contributed by atoms with E-state index in [2.05, 4.69) is 68.4 Å². The number of carbonyl (C=O) groups is 1. The molecular formula is C24H28N4OS. The average Bonchev–Trinajstić information content (AvgIpc) is 3.28. The first-order valence-corrected chi connectivity index (χ1v) is 11.7. The van der Waals surface area contributed by atoms with Crippen molar-refractivity contribution in [2.24, 2.45) is 5.92 Å². The Balaban J connectivity index is 1.23. The van der Waals surface area contributed by atoms with Gasteiger partial charge in [0.15, 0.2) is 0 Å². The summed E-state index contributed by atoms with van der Waals surface area (Å²) in [5.41, 5.74) is 2.54. The summed E-state index contributed by atoms with van der Waals surface area (Å²) in [5, 5.41) is 3.33. The van der Waals surface area contributed by atoms with Gasteiger partial charge in [-0.3, -0.25) is 4.79 Å². The van der Waals surface area contributed by atoms with Crippen molar-refractivity contribution in [3.63, 3.8) is 0 Å². The highest BCUT2D eigenvalue weighted by molar-refractivity contribution is 7.17. The quantitative estimate of drug-likeness (QED) is 0.638. The lowest BCUT2D eigenvalue weighted by molar-refractivity contribution is -0.136. The van der Waals surface area contributed by atoms with E-state index in [1.54, 1.807) is 11.3 Å². The number of pyridine rings is 1. The standard InChI is InChI=1S/C24H28N4OS/c1-18-4-6-20(7-5-18)26-12-14-27(15-13-26)24(29)19-3-2-11-28(17-19)23-21-9-16-30-22(21)8-10-25-23/h4-10,16,19H,2-3,11-15,17H2,1H3/t19-/m1/s1. The maximum atomic E-state index is 13.3. The number of hydrogen-bond donors (Lipinski definition) is 0. The highest BCUT2D eigenvalue weighted by Gasteiger charge is 2.32. The van der Waals surface area contributed by atoms with Crippen molar-refractivity contribution in [3.8, 4) is 0 Å². The van der Waals surface area contributed by atoms with Crippen molar-refractivity contribution in [1.82, 2.24) is 9.88 Å². The molecule has 0 radical (unpaired) electrons. The van der Waals surface area contributed by atoms with Gasteiger partial charge in [0.25, 0.3) is 0 Å². The number of piperidine rings is 1. The zero-order chi connectivity index (χ0) is 20.5. The Bertz CT molecular complexity index is 1020. The fraction of sp³-hybridized carbons (Fsp3) is 0.417. The number of amides is 1. The summed E-state index contributed by atoms with van der Waals surface area (Å²) in [5.74, 6) is 1.43. The first-order valence-electron chi connectivity index (χ1n) is 10.9. The van der Waals surface area contributed by atoms with Crippen LogP contribution in [0.2, 0.25) is 0 Å². The lowest BCUT2D eigenvalue weighted by Crippen LogP contribution is -2.52. The Hall–Kier alpha value is -2.60. The normalized spacial score (nSPS) is 20.0. The number of aryl methyl sites for hydroxylation is 1. The molecule has 5 nitrogen and oxygen atoms in total. The van der Waals surface area contributed by atoms with E-state index in [1.807, 2.05) is 6.20 Å². The number of aromatic nitrogens is 1. The van der Waals surface area contributed by atoms with E-state index in [0.717, 1.165) is 57.9 Å². The van der Waals surface area contributed by atoms with E-state index < -0.39 is 0 Å². The molecule has 2 fully saturated rings. The molecule has 2 aliphatic heterocycles. The van der Waals surface area contributed by atoms with Crippen molar-refractivity contribution >= 4 is 38.8 Å². The topological polar surface area (TPSA) is 39.7 Å². The zero-order valence-electron chi connectivity index (χ0n) is 17.5. The fourth-order valence-corrected chi connectivity index (χ4v) is 5.48. The Kier molecular flexibility index (Phi) is 5.34. The number of benzene rings is 1. The third-order valence-electron chi connectivity index (χ3n) is 6.42. The molecule has 156 valence electrons. The number of nitrogens with zero attached hydrogens (tertiary/aromatic N) is 4. The van der Waals surface area contributed by atoms with Gasteiger partial charge in [-0.1, -0.05) is 17.7 Å². The maximum Gasteiger partial charge on any atom is 0.227 e. The largest absolute Gasteiger partial charge is 0.368 e. The van der Waals surface area contributed by atoms with Crippen LogP contribution in [-0.2, 0) is 4.79 Å². The summed E-state index contributed by atoms with van der Waals surface area (Å²) in [7, 11) is 0. The van der Waals surface area contributed by atoms with Gasteiger partial charge in [-0.25, -0.2) is 4.98 Å². The summed E-state index contributed by atoms with van der Waals surface area (Å²) in [6, 6.07) is 12.9. The molecule has 0 N–H and O–H groups in total. The number of anilines is 2. The van der Waals surface area contributed by atoms with Crippen LogP contribution in [0.25, 0.3) is 10.1 Å². The lowest BCUT2D eigenvalue weighted by atomic mass is 9.96. The predicted octanol–water partition coefficient (Wildman–Crippen LogP) is 4.17. The number of rotatable bonds is 3. The smallest absolute Gasteiger partial charge is 0.227 e. The summed E-state index contributed by atoms with van der Waals surface area (Å²) in [6.07, 6.45) is 3.92. The fourth-order valence-electron chi connectivity index (χ4n) is 4.70. The van der Waals surface area contributed by atoms with Crippen LogP contribution in [0.15, 0.2) is 48.0 Å². The molecule has 2 aliphatic rings. The van der Waals surface area contributed by atoms with Gasteiger partial charge in [0.2, 0.25) is 5.91 Å². The molecular weight excluding hydrogens is 392 g/mol. The Labute approximate surface area is 181 Å². The summed E-state index contributed by atoms with van der Waals surface area (Å²) in [4.78, 5) is 24.7. The molecule has 1 atom stereocenters. The summed E-state index contributed by atoms with van der Waals surface area (Å²) >= 11 is 1.75. The van der Waals surface area contributed by atoms with E-state index in [4.69, 9.17) is 0 Å². The number of carbonyl (C=O) groups excluding carboxylic acids is 1. The average molecular weight is 421 g/mol. The predicted molar refractivity (Wildman–Crippen MR) is 125 cm³/mol. The van der Waals surface area contributed by atoms with Gasteiger partial charge in [-0.2, -0.15) is 0 Å². The van der Waals surface area contributed by atoms with Crippen molar-refractivity contribution in [2.75, 3.05) is 49.1 Å². The SMILES string of the molecule is Cc1ccc(N2CCN(C(=O)[C@@H]3CCCN(c4nccc5sccc45)C3)CC2)cc1. The van der Waals surface area contributed by atoms with Crippen LogP contribution in [0.5, 0.6) is 0 Å². The van der Waals surface area contributed by atoms with E-state index in [0.29, 0.717) is 5.91 Å². The van der Waals surface area contributed by atoms with Crippen LogP contribution < -0.4 is 9.80 Å². The Morgan fingerprint density at radius 2 is 1.80 bits per heavy atom. The van der Waals surface area contributed by atoms with Crippen LogP contribution in [-0.4, -0.2) is 55.1 Å². The second-order valence-corrected chi connectivity index (χ2v) is 9.35. The van der Waals surface area contributed by atoms with Crippen molar-refractivity contribution in [2.45, 2.75) is 19.8 Å². The minimum absolute atomic E-state index is 0.0698. The van der Waals surface area contributed by atoms with Crippen molar-refractivity contribution < 1.29 is 4.79 Å². The molecule has 0 bridgehead atoms. The maximum absolute atomic E-state index is 13.3. The molecule has 1 aromatic carbocycles. The number of piperazine rings is 1. The van der Waals surface area contributed by atoms with Gasteiger partial charge in [-0.15, -0.1) is 11.3 Å². The Morgan fingerprint density at radius 3 is 2.60 bits per heavy atom. The molecule has 6 heteroatoms. The van der Waals surface area contributed by atoms with Crippen LogP contribution in [0.3, 0.4) is 0 Å². The lowest BCUT2D eigenvalue weighted by Gasteiger charge is -2.40. The van der Waals surface area contributed by atoms with Crippen molar-refractivity contribution in [1.29, 1.82) is 0 Å². The Morgan fingerprint density at radius 1 is 1.00 bits per heavy atom. The first kappa shape index (κ1) is 19.4. The minimum atomic E-state index is 0.0698. The molecule has 2 aromatic heterocycles. The van der Waals surface area contributed by atoms with Crippen LogP contribution in [0, 0.1) is 12.8 Å². The molecule has 4 heterocycles. The second-order valence-electron chi connectivity index (χ2n) is 8.40. The number of thiophene rings is 1. The highest BCUT2D eigenvalue weighted by atomic mass is 32.1. The molecule has 0 aliphatic carbocycles. The minimum Gasteiger partial charge on any atom is -0.368 e. The van der Waals surface area contributed by atoms with Gasteiger partial charge in [0.1, 0.15) is 5.82 Å². The van der Waals surface area contributed by atoms with Crippen LogP contribution in [0.4, 0.5) is 11.5 Å².